The molecule has 0 bridgehead atoms. The van der Waals surface area contributed by atoms with Crippen LogP contribution in [0.3, 0.4) is 0 Å². The highest BCUT2D eigenvalue weighted by Crippen LogP contribution is 2.43. The number of halogens is 1. The Labute approximate surface area is 333 Å². The van der Waals surface area contributed by atoms with Crippen LogP contribution in [0.4, 0.5) is 0 Å². The molecule has 1 saturated heterocycles. The Kier molecular flexibility index (Phi) is 16.5. The van der Waals surface area contributed by atoms with Crippen molar-refractivity contribution < 1.29 is 43.2 Å². The Hall–Kier alpha value is -3.33. The number of benzene rings is 2. The molecule has 3 N–H and O–H groups in total. The van der Waals surface area contributed by atoms with E-state index in [1.54, 1.807) is 57.2 Å². The van der Waals surface area contributed by atoms with Gasteiger partial charge in [0, 0.05) is 46.9 Å². The molecule has 1 heterocycles. The number of ether oxygens (including phenoxy) is 4. The molecule has 4 atom stereocenters. The number of carbonyl (C=O) groups excluding carboxylic acids is 4. The summed E-state index contributed by atoms with van der Waals surface area (Å²) in [5.41, 5.74) is 1.29. The zero-order chi connectivity index (χ0) is 39.3. The van der Waals surface area contributed by atoms with Gasteiger partial charge in [-0.3, -0.25) is 14.4 Å². The third kappa shape index (κ3) is 12.9. The molecule has 0 spiro atoms. The van der Waals surface area contributed by atoms with Crippen LogP contribution in [-0.2, 0) is 35.1 Å². The van der Waals surface area contributed by atoms with Crippen molar-refractivity contribution in [3.05, 3.63) is 80.4 Å². The van der Waals surface area contributed by atoms with Crippen molar-refractivity contribution in [2.75, 3.05) is 6.61 Å². The molecule has 1 fully saturated rings. The summed E-state index contributed by atoms with van der Waals surface area (Å²) in [6, 6.07) is 13.4. The molecule has 54 heavy (non-hydrogen) atoms. The molecule has 0 unspecified atom stereocenters. The maximum atomic E-state index is 13.8. The van der Waals surface area contributed by atoms with Gasteiger partial charge < -0.3 is 34.7 Å². The Morgan fingerprint density at radius 2 is 1.67 bits per heavy atom. The lowest BCUT2D eigenvalue weighted by Crippen LogP contribution is -2.43. The van der Waals surface area contributed by atoms with E-state index in [1.165, 1.54) is 0 Å². The molecular weight excluding hydrogens is 803 g/mol. The number of unbranched alkanes of at least 4 members (excludes halogenated alkanes) is 4. The number of nitrogens with one attached hydrogen (secondary N) is 2. The van der Waals surface area contributed by atoms with Crippen molar-refractivity contribution in [2.24, 2.45) is 0 Å². The number of hydrogen-bond donors (Lipinski definition) is 3. The maximum absolute atomic E-state index is 13.8. The normalized spacial score (nSPS) is 19.6. The fourth-order valence-electron chi connectivity index (χ4n) is 6.71. The van der Waals surface area contributed by atoms with Crippen LogP contribution >= 0.6 is 22.6 Å². The summed E-state index contributed by atoms with van der Waals surface area (Å²) >= 11 is 2.11. The first kappa shape index (κ1) is 43.4. The zero-order valence-electron chi connectivity index (χ0n) is 32.3. The van der Waals surface area contributed by atoms with Crippen molar-refractivity contribution in [3.8, 4) is 0 Å². The second-order valence-corrected chi connectivity index (χ2v) is 16.3. The number of aliphatic hydroxyl groups is 1. The summed E-state index contributed by atoms with van der Waals surface area (Å²) in [6.07, 6.45) is 7.89. The van der Waals surface area contributed by atoms with Crippen LogP contribution in [-0.4, -0.2) is 71.2 Å². The van der Waals surface area contributed by atoms with Crippen molar-refractivity contribution >= 4 is 46.3 Å². The highest BCUT2D eigenvalue weighted by Gasteiger charge is 2.52. The minimum Gasteiger partial charge on any atom is -0.460 e. The summed E-state index contributed by atoms with van der Waals surface area (Å²) in [6.45, 7) is 9.45. The summed E-state index contributed by atoms with van der Waals surface area (Å²) in [4.78, 5) is 52.5. The van der Waals surface area contributed by atoms with Crippen LogP contribution in [0.1, 0.15) is 132 Å². The second-order valence-electron chi connectivity index (χ2n) is 15.2. The zero-order valence-corrected chi connectivity index (χ0v) is 34.4. The fourth-order valence-corrected chi connectivity index (χ4v) is 7.32. The molecule has 2 amide bonds. The summed E-state index contributed by atoms with van der Waals surface area (Å²) in [5, 5.41) is 15.6. The molecule has 12 heteroatoms. The van der Waals surface area contributed by atoms with E-state index in [0.29, 0.717) is 22.3 Å². The molecule has 0 aromatic heterocycles. The molecule has 11 nitrogen and oxygen atoms in total. The minimum absolute atomic E-state index is 0.0494. The lowest BCUT2D eigenvalue weighted by Gasteiger charge is -2.31. The monoisotopic (exact) mass is 860 g/mol. The predicted molar refractivity (Wildman–Crippen MR) is 214 cm³/mol. The number of hydrogen-bond acceptors (Lipinski definition) is 9. The summed E-state index contributed by atoms with van der Waals surface area (Å²) in [7, 11) is 0. The molecule has 2 aromatic rings. The van der Waals surface area contributed by atoms with Crippen LogP contribution in [0.25, 0.3) is 0 Å². The van der Waals surface area contributed by atoms with E-state index in [9.17, 15) is 24.3 Å². The van der Waals surface area contributed by atoms with Crippen LogP contribution in [0.2, 0.25) is 0 Å². The van der Waals surface area contributed by atoms with Gasteiger partial charge in [-0.2, -0.15) is 0 Å². The SMILES string of the molecule is CCCCCC1(CCCCC)O[C@@H]2[C@@H](C=C(C(=O)NCc3cccc(C(=O)N[C@H](CO)CCC(=O)OC(C)(C)C)c3)C[C@H]2OC(=O)c2ccccc2I)O1. The molecular formula is C42H57IN2O9. The van der Waals surface area contributed by atoms with Crippen molar-refractivity contribution in [1.29, 1.82) is 0 Å². The van der Waals surface area contributed by atoms with Gasteiger partial charge in [-0.25, -0.2) is 4.79 Å². The van der Waals surface area contributed by atoms with Crippen LogP contribution in [0, 0.1) is 3.57 Å². The van der Waals surface area contributed by atoms with Crippen molar-refractivity contribution in [1.82, 2.24) is 10.6 Å². The number of rotatable bonds is 19. The average Bonchev–Trinajstić information content (AvgIpc) is 3.50. The van der Waals surface area contributed by atoms with Gasteiger partial charge in [0.1, 0.15) is 23.9 Å². The largest absolute Gasteiger partial charge is 0.460 e. The van der Waals surface area contributed by atoms with E-state index in [1.807, 2.05) is 18.2 Å². The van der Waals surface area contributed by atoms with Crippen molar-refractivity contribution in [2.45, 2.75) is 148 Å². The van der Waals surface area contributed by atoms with Gasteiger partial charge >= 0.3 is 11.9 Å². The van der Waals surface area contributed by atoms with E-state index in [-0.39, 0.29) is 38.3 Å². The quantitative estimate of drug-likeness (QED) is 0.0751. The van der Waals surface area contributed by atoms with Gasteiger partial charge in [0.25, 0.3) is 5.91 Å². The molecule has 0 radical (unpaired) electrons. The van der Waals surface area contributed by atoms with Crippen LogP contribution < -0.4 is 10.6 Å². The minimum atomic E-state index is -0.820. The lowest BCUT2D eigenvalue weighted by molar-refractivity contribution is -0.190. The van der Waals surface area contributed by atoms with E-state index < -0.39 is 53.6 Å². The Morgan fingerprint density at radius 3 is 2.31 bits per heavy atom. The smallest absolute Gasteiger partial charge is 0.339 e. The van der Waals surface area contributed by atoms with Gasteiger partial charge in [-0.15, -0.1) is 0 Å². The van der Waals surface area contributed by atoms with E-state index in [2.05, 4.69) is 47.1 Å². The number of esters is 2. The maximum Gasteiger partial charge on any atom is 0.339 e. The number of carbonyl (C=O) groups is 4. The highest BCUT2D eigenvalue weighted by molar-refractivity contribution is 14.1. The topological polar surface area (TPSA) is 149 Å². The van der Waals surface area contributed by atoms with Gasteiger partial charge in [-0.1, -0.05) is 63.8 Å². The second kappa shape index (κ2) is 20.5. The predicted octanol–water partition coefficient (Wildman–Crippen LogP) is 7.32. The summed E-state index contributed by atoms with van der Waals surface area (Å²) in [5.74, 6) is -2.45. The Bertz CT molecular complexity index is 1610. The first-order valence-electron chi connectivity index (χ1n) is 19.3. The van der Waals surface area contributed by atoms with Gasteiger partial charge in [-0.05, 0) is 98.5 Å². The van der Waals surface area contributed by atoms with Crippen LogP contribution in [0.5, 0.6) is 0 Å². The first-order chi connectivity index (χ1) is 25.8. The highest BCUT2D eigenvalue weighted by atomic mass is 127. The summed E-state index contributed by atoms with van der Waals surface area (Å²) < 4.78 is 25.7. The molecule has 1 aliphatic carbocycles. The average molecular weight is 861 g/mol. The number of fused-ring (bicyclic) bond motifs is 1. The number of amides is 2. The van der Waals surface area contributed by atoms with E-state index >= 15 is 0 Å². The Morgan fingerprint density at radius 1 is 0.963 bits per heavy atom. The Balaban J connectivity index is 1.46. The lowest BCUT2D eigenvalue weighted by atomic mass is 9.91. The van der Waals surface area contributed by atoms with Gasteiger partial charge in [0.15, 0.2) is 5.79 Å². The van der Waals surface area contributed by atoms with Crippen molar-refractivity contribution in [3.63, 3.8) is 0 Å². The van der Waals surface area contributed by atoms with Gasteiger partial charge in [0.2, 0.25) is 5.91 Å². The molecule has 1 aliphatic heterocycles. The standard InChI is InChI=1S/C42H57IN2O9/c1-6-8-12-21-42(22-13-9-7-2)52-35-25-30(24-34(37(35)54-42)51-40(50)32-17-10-11-18-33(32)43)38(48)44-26-28-15-14-16-29(23-28)39(49)45-31(27-46)19-20-36(47)53-41(3,4)5/h10-11,14-18,23,25,31,34-35,37,46H,6-9,12-13,19-22,24,26-27H2,1-5H3,(H,44,48)(H,45,49)/t31-,34+,35+,37-/m0/s1. The first-order valence-corrected chi connectivity index (χ1v) is 20.4. The van der Waals surface area contributed by atoms with Gasteiger partial charge in [0.05, 0.1) is 18.2 Å². The molecule has 296 valence electrons. The molecule has 2 aromatic carbocycles. The third-order valence-corrected chi connectivity index (χ3v) is 10.4. The third-order valence-electron chi connectivity index (χ3n) is 9.46. The fraction of sp³-hybridized carbons (Fsp3) is 0.571. The molecule has 4 rings (SSSR count). The molecule has 0 saturated carbocycles. The molecule has 2 aliphatic rings. The van der Waals surface area contributed by atoms with E-state index in [4.69, 9.17) is 18.9 Å². The number of aliphatic hydroxyl groups excluding tert-OH is 1. The van der Waals surface area contributed by atoms with Crippen LogP contribution in [0.15, 0.2) is 60.2 Å². The van der Waals surface area contributed by atoms with E-state index in [0.717, 1.165) is 54.9 Å².